The summed E-state index contributed by atoms with van der Waals surface area (Å²) in [6, 6.07) is 3.27. The molecule has 0 spiro atoms. The number of rotatable bonds is 2. The molecule has 0 aromatic carbocycles. The maximum Gasteiger partial charge on any atom is 0.308 e. The fraction of sp³-hybridized carbons (Fsp3) is 0.364. The average Bonchev–Trinajstić information content (AvgIpc) is 2.78. The molecule has 16 heavy (non-hydrogen) atoms. The minimum absolute atomic E-state index is 0.119. The fourth-order valence-electron chi connectivity index (χ4n) is 1.82. The molecule has 0 bridgehead atoms. The van der Waals surface area contributed by atoms with Crippen molar-refractivity contribution in [2.75, 3.05) is 13.1 Å². The van der Waals surface area contributed by atoms with Crippen LogP contribution in [0.3, 0.4) is 0 Å². The number of carboxylic acid groups (broad SMARTS) is 1. The topological polar surface area (TPSA) is 70.5 Å². The Hall–Kier alpha value is -1.91. The summed E-state index contributed by atoms with van der Waals surface area (Å²) in [5, 5.41) is 8.84. The molecule has 84 valence electrons. The Balaban J connectivity index is 2.05. The first-order valence-corrected chi connectivity index (χ1v) is 5.10. The highest BCUT2D eigenvalue weighted by Gasteiger charge is 2.31. The van der Waals surface area contributed by atoms with Crippen LogP contribution in [0.15, 0.2) is 24.5 Å². The second-order valence-corrected chi connectivity index (χ2v) is 3.81. The van der Waals surface area contributed by atoms with E-state index in [-0.39, 0.29) is 5.91 Å². The van der Waals surface area contributed by atoms with E-state index in [1.54, 1.807) is 29.4 Å². The van der Waals surface area contributed by atoms with Gasteiger partial charge in [-0.2, -0.15) is 0 Å². The fourth-order valence-corrected chi connectivity index (χ4v) is 1.82. The number of nitrogens with zero attached hydrogens (tertiary/aromatic N) is 2. The normalized spacial score (nSPS) is 19.8. The van der Waals surface area contributed by atoms with E-state index in [0.29, 0.717) is 25.1 Å². The van der Waals surface area contributed by atoms with Gasteiger partial charge in [-0.3, -0.25) is 14.6 Å². The van der Waals surface area contributed by atoms with Gasteiger partial charge < -0.3 is 10.0 Å². The van der Waals surface area contributed by atoms with Gasteiger partial charge >= 0.3 is 5.97 Å². The Morgan fingerprint density at radius 3 is 2.62 bits per heavy atom. The van der Waals surface area contributed by atoms with Gasteiger partial charge in [0.15, 0.2) is 0 Å². The monoisotopic (exact) mass is 220 g/mol. The van der Waals surface area contributed by atoms with Crippen LogP contribution in [-0.2, 0) is 4.79 Å². The Labute approximate surface area is 92.7 Å². The number of aliphatic carboxylic acids is 1. The molecule has 1 aliphatic heterocycles. The smallest absolute Gasteiger partial charge is 0.308 e. The number of hydrogen-bond donors (Lipinski definition) is 1. The van der Waals surface area contributed by atoms with Crippen LogP contribution in [0.5, 0.6) is 0 Å². The lowest BCUT2D eigenvalue weighted by atomic mass is 10.1. The molecule has 0 saturated carbocycles. The molecule has 1 aromatic rings. The van der Waals surface area contributed by atoms with Crippen LogP contribution in [-0.4, -0.2) is 40.0 Å². The van der Waals surface area contributed by atoms with E-state index < -0.39 is 11.9 Å². The molecule has 1 atom stereocenters. The van der Waals surface area contributed by atoms with Gasteiger partial charge in [0.25, 0.3) is 5.91 Å². The van der Waals surface area contributed by atoms with Gasteiger partial charge in [0.1, 0.15) is 0 Å². The summed E-state index contributed by atoms with van der Waals surface area (Å²) >= 11 is 0. The second kappa shape index (κ2) is 4.30. The van der Waals surface area contributed by atoms with Crippen molar-refractivity contribution < 1.29 is 14.7 Å². The highest BCUT2D eigenvalue weighted by atomic mass is 16.4. The minimum Gasteiger partial charge on any atom is -0.481 e. The molecule has 0 aliphatic carbocycles. The molecule has 1 unspecified atom stereocenters. The first kappa shape index (κ1) is 10.6. The molecule has 5 nitrogen and oxygen atoms in total. The van der Waals surface area contributed by atoms with Crippen molar-refractivity contribution in [1.82, 2.24) is 9.88 Å². The van der Waals surface area contributed by atoms with Crippen LogP contribution < -0.4 is 0 Å². The predicted octanol–water partition coefficient (Wildman–Crippen LogP) is 0.628. The number of amides is 1. The summed E-state index contributed by atoms with van der Waals surface area (Å²) in [4.78, 5) is 28.1. The van der Waals surface area contributed by atoms with E-state index in [4.69, 9.17) is 5.11 Å². The summed E-state index contributed by atoms with van der Waals surface area (Å²) in [7, 11) is 0. The van der Waals surface area contributed by atoms with E-state index in [2.05, 4.69) is 4.98 Å². The van der Waals surface area contributed by atoms with Crippen LogP contribution in [0.1, 0.15) is 16.8 Å². The third-order valence-corrected chi connectivity index (χ3v) is 2.75. The van der Waals surface area contributed by atoms with Crippen LogP contribution in [0.2, 0.25) is 0 Å². The van der Waals surface area contributed by atoms with Crippen LogP contribution >= 0.6 is 0 Å². The molecule has 1 amide bonds. The predicted molar refractivity (Wildman–Crippen MR) is 55.9 cm³/mol. The second-order valence-electron chi connectivity index (χ2n) is 3.81. The Kier molecular flexibility index (Phi) is 2.85. The van der Waals surface area contributed by atoms with Gasteiger partial charge in [-0.25, -0.2) is 0 Å². The molecular formula is C11H12N2O3. The number of likely N-dealkylation sites (tertiary alicyclic amines) is 1. The highest BCUT2D eigenvalue weighted by molar-refractivity contribution is 5.94. The van der Waals surface area contributed by atoms with Gasteiger partial charge in [0.2, 0.25) is 0 Å². The SMILES string of the molecule is O=C(O)C1CCN(C(=O)c2ccncc2)C1. The minimum atomic E-state index is -0.829. The van der Waals surface area contributed by atoms with Gasteiger partial charge in [0.05, 0.1) is 5.92 Å². The first-order valence-electron chi connectivity index (χ1n) is 5.10. The lowest BCUT2D eigenvalue weighted by Gasteiger charge is -2.15. The Morgan fingerprint density at radius 2 is 2.06 bits per heavy atom. The largest absolute Gasteiger partial charge is 0.481 e. The van der Waals surface area contributed by atoms with E-state index in [0.717, 1.165) is 0 Å². The van der Waals surface area contributed by atoms with Gasteiger partial charge in [0, 0.05) is 31.0 Å². The van der Waals surface area contributed by atoms with Crippen molar-refractivity contribution in [2.45, 2.75) is 6.42 Å². The average molecular weight is 220 g/mol. The van der Waals surface area contributed by atoms with E-state index in [1.165, 1.54) is 0 Å². The molecule has 1 aliphatic rings. The zero-order chi connectivity index (χ0) is 11.5. The lowest BCUT2D eigenvalue weighted by molar-refractivity contribution is -0.141. The highest BCUT2D eigenvalue weighted by Crippen LogP contribution is 2.18. The molecule has 2 rings (SSSR count). The molecule has 2 heterocycles. The molecule has 0 radical (unpaired) electrons. The number of carbonyl (C=O) groups is 2. The molecule has 1 aromatic heterocycles. The van der Waals surface area contributed by atoms with Crippen molar-refractivity contribution in [3.05, 3.63) is 30.1 Å². The van der Waals surface area contributed by atoms with Crippen molar-refractivity contribution >= 4 is 11.9 Å². The Bertz CT molecular complexity index is 405. The summed E-state index contributed by atoms with van der Waals surface area (Å²) in [6.45, 7) is 0.814. The summed E-state index contributed by atoms with van der Waals surface area (Å²) < 4.78 is 0. The maximum atomic E-state index is 11.9. The number of carboxylic acids is 1. The number of hydrogen-bond acceptors (Lipinski definition) is 3. The third-order valence-electron chi connectivity index (χ3n) is 2.75. The van der Waals surface area contributed by atoms with Crippen LogP contribution in [0.25, 0.3) is 0 Å². The van der Waals surface area contributed by atoms with Crippen molar-refractivity contribution in [1.29, 1.82) is 0 Å². The van der Waals surface area contributed by atoms with E-state index >= 15 is 0 Å². The molecule has 1 saturated heterocycles. The van der Waals surface area contributed by atoms with E-state index in [9.17, 15) is 9.59 Å². The third kappa shape index (κ3) is 2.03. The standard InChI is InChI=1S/C11H12N2O3/c14-10(8-1-4-12-5-2-8)13-6-3-9(7-13)11(15)16/h1-2,4-5,9H,3,6-7H2,(H,15,16). The van der Waals surface area contributed by atoms with Crippen molar-refractivity contribution in [2.24, 2.45) is 5.92 Å². The number of aromatic nitrogens is 1. The molecule has 5 heteroatoms. The van der Waals surface area contributed by atoms with Gasteiger partial charge in [-0.15, -0.1) is 0 Å². The van der Waals surface area contributed by atoms with Crippen molar-refractivity contribution in [3.8, 4) is 0 Å². The lowest BCUT2D eigenvalue weighted by Crippen LogP contribution is -2.29. The summed E-state index contributed by atoms with van der Waals surface area (Å²) in [5.41, 5.74) is 0.557. The zero-order valence-electron chi connectivity index (χ0n) is 8.67. The maximum absolute atomic E-state index is 11.9. The summed E-state index contributed by atoms with van der Waals surface area (Å²) in [5.74, 6) is -1.37. The Morgan fingerprint density at radius 1 is 1.38 bits per heavy atom. The van der Waals surface area contributed by atoms with Crippen molar-refractivity contribution in [3.63, 3.8) is 0 Å². The molecule has 1 fully saturated rings. The number of carbonyl (C=O) groups excluding carboxylic acids is 1. The quantitative estimate of drug-likeness (QED) is 0.793. The molecule has 1 N–H and O–H groups in total. The van der Waals surface area contributed by atoms with Gasteiger partial charge in [-0.1, -0.05) is 0 Å². The van der Waals surface area contributed by atoms with Crippen LogP contribution in [0.4, 0.5) is 0 Å². The summed E-state index contributed by atoms with van der Waals surface area (Å²) in [6.07, 6.45) is 3.64. The number of pyridine rings is 1. The molecular weight excluding hydrogens is 208 g/mol. The van der Waals surface area contributed by atoms with Crippen LogP contribution in [0, 0.1) is 5.92 Å². The zero-order valence-corrected chi connectivity index (χ0v) is 8.67. The van der Waals surface area contributed by atoms with Gasteiger partial charge in [-0.05, 0) is 18.6 Å². The van der Waals surface area contributed by atoms with E-state index in [1.807, 2.05) is 0 Å². The first-order chi connectivity index (χ1) is 7.68.